The zero-order valence-electron chi connectivity index (χ0n) is 12.2. The molecular weight excluding hydrogens is 284 g/mol. The Morgan fingerprint density at radius 1 is 0.714 bits per heavy atom. The van der Waals surface area contributed by atoms with Crippen molar-refractivity contribution in [2.45, 2.75) is 0 Å². The summed E-state index contributed by atoms with van der Waals surface area (Å²) in [6, 6.07) is 0. The van der Waals surface area contributed by atoms with Crippen LogP contribution in [0.15, 0.2) is 5.18 Å². The molecule has 124 valence electrons. The fourth-order valence-electron chi connectivity index (χ4n) is 1.15. The molecule has 9 nitrogen and oxygen atoms in total. The summed E-state index contributed by atoms with van der Waals surface area (Å²) in [6.07, 6.45) is 0. The standard InChI is InChI=1S/C12H24N2O7/c13-1-2-17-3-4-18-5-6-19-7-8-20-9-10-21-11-12(15)14-16/h1-11,13H2. The maximum absolute atomic E-state index is 10.5. The van der Waals surface area contributed by atoms with E-state index in [1.54, 1.807) is 0 Å². The normalized spacial score (nSPS) is 10.7. The van der Waals surface area contributed by atoms with Gasteiger partial charge in [0.15, 0.2) is 0 Å². The first-order chi connectivity index (χ1) is 10.3. The molecule has 0 aromatic rings. The van der Waals surface area contributed by atoms with Crippen LogP contribution in [-0.2, 0) is 28.5 Å². The number of rotatable bonds is 16. The molecule has 0 aliphatic rings. The largest absolute Gasteiger partial charge is 0.378 e. The maximum Gasteiger partial charge on any atom is 0.311 e. The molecule has 0 atom stereocenters. The van der Waals surface area contributed by atoms with Crippen molar-refractivity contribution in [3.05, 3.63) is 4.91 Å². The van der Waals surface area contributed by atoms with Gasteiger partial charge in [-0.15, -0.1) is 4.91 Å². The molecule has 2 N–H and O–H groups in total. The Labute approximate surface area is 124 Å². The lowest BCUT2D eigenvalue weighted by atomic mass is 10.6. The number of nitrogens with zero attached hydrogens (tertiary/aromatic N) is 1. The van der Waals surface area contributed by atoms with Crippen molar-refractivity contribution in [3.63, 3.8) is 0 Å². The first-order valence-corrected chi connectivity index (χ1v) is 6.76. The van der Waals surface area contributed by atoms with Crippen molar-refractivity contribution in [1.82, 2.24) is 0 Å². The molecule has 9 heteroatoms. The van der Waals surface area contributed by atoms with E-state index in [-0.39, 0.29) is 13.2 Å². The molecule has 0 heterocycles. The van der Waals surface area contributed by atoms with E-state index in [4.69, 9.17) is 29.4 Å². The molecule has 0 bridgehead atoms. The van der Waals surface area contributed by atoms with Crippen molar-refractivity contribution in [1.29, 1.82) is 0 Å². The van der Waals surface area contributed by atoms with Crippen LogP contribution in [0.2, 0.25) is 0 Å². The van der Waals surface area contributed by atoms with E-state index in [9.17, 15) is 9.70 Å². The van der Waals surface area contributed by atoms with E-state index in [1.165, 1.54) is 0 Å². The molecule has 0 aliphatic carbocycles. The Kier molecular flexibility index (Phi) is 16.3. The third-order valence-corrected chi connectivity index (χ3v) is 2.08. The highest BCUT2D eigenvalue weighted by molar-refractivity contribution is 5.77. The molecule has 1 amide bonds. The van der Waals surface area contributed by atoms with E-state index >= 15 is 0 Å². The lowest BCUT2D eigenvalue weighted by Gasteiger charge is -2.07. The molecule has 0 aromatic carbocycles. The zero-order valence-corrected chi connectivity index (χ0v) is 12.2. The Bertz CT molecular complexity index is 254. The average Bonchev–Trinajstić information content (AvgIpc) is 2.50. The first-order valence-electron chi connectivity index (χ1n) is 6.76. The molecule has 0 aromatic heterocycles. The van der Waals surface area contributed by atoms with Gasteiger partial charge in [0.2, 0.25) is 0 Å². The van der Waals surface area contributed by atoms with Gasteiger partial charge in [-0.1, -0.05) is 0 Å². The predicted molar refractivity (Wildman–Crippen MR) is 74.0 cm³/mol. The van der Waals surface area contributed by atoms with Crippen LogP contribution in [0.5, 0.6) is 0 Å². The number of ether oxygens (including phenoxy) is 5. The molecular formula is C12H24N2O7. The number of carbonyl (C=O) groups is 1. The predicted octanol–water partition coefficient (Wildman–Crippen LogP) is -0.679. The van der Waals surface area contributed by atoms with Crippen LogP contribution < -0.4 is 5.73 Å². The molecule has 0 spiro atoms. The van der Waals surface area contributed by atoms with Crippen LogP contribution in [0.4, 0.5) is 0 Å². The molecule has 0 saturated heterocycles. The topological polar surface area (TPSA) is 119 Å². The van der Waals surface area contributed by atoms with Crippen molar-refractivity contribution >= 4 is 5.91 Å². The van der Waals surface area contributed by atoms with Crippen molar-refractivity contribution in [2.75, 3.05) is 72.6 Å². The lowest BCUT2D eigenvalue weighted by Crippen LogP contribution is -2.15. The van der Waals surface area contributed by atoms with Gasteiger partial charge in [0, 0.05) is 11.7 Å². The summed E-state index contributed by atoms with van der Waals surface area (Å²) in [5.74, 6) is -0.827. The number of hydrogen-bond acceptors (Lipinski definition) is 8. The third-order valence-electron chi connectivity index (χ3n) is 2.08. The maximum atomic E-state index is 10.5. The van der Waals surface area contributed by atoms with E-state index in [2.05, 4.69) is 5.18 Å². The van der Waals surface area contributed by atoms with Crippen LogP contribution in [-0.4, -0.2) is 78.5 Å². The van der Waals surface area contributed by atoms with Crippen LogP contribution in [0.1, 0.15) is 0 Å². The summed E-state index contributed by atoms with van der Waals surface area (Å²) in [5.41, 5.74) is 5.26. The number of carbonyl (C=O) groups excluding carboxylic acids is 1. The summed E-state index contributed by atoms with van der Waals surface area (Å²) in [6.45, 7) is 4.19. The molecule has 0 fully saturated rings. The minimum Gasteiger partial charge on any atom is -0.378 e. The van der Waals surface area contributed by atoms with Gasteiger partial charge in [0.05, 0.1) is 59.5 Å². The second-order valence-electron chi connectivity index (χ2n) is 3.78. The van der Waals surface area contributed by atoms with Crippen LogP contribution >= 0.6 is 0 Å². The third kappa shape index (κ3) is 17.0. The number of hydrogen-bond donors (Lipinski definition) is 1. The summed E-state index contributed by atoms with van der Waals surface area (Å²) >= 11 is 0. The molecule has 0 aliphatic heterocycles. The molecule has 0 unspecified atom stereocenters. The SMILES string of the molecule is NCCOCCOCCOCCOCCOCC(=O)N=O. The van der Waals surface area contributed by atoms with Gasteiger partial charge < -0.3 is 29.4 Å². The van der Waals surface area contributed by atoms with Crippen LogP contribution in [0, 0.1) is 4.91 Å². The summed E-state index contributed by atoms with van der Waals surface area (Å²) in [7, 11) is 0. The highest BCUT2D eigenvalue weighted by Crippen LogP contribution is 1.84. The van der Waals surface area contributed by atoms with Gasteiger partial charge in [-0.2, -0.15) is 0 Å². The average molecular weight is 308 g/mol. The zero-order chi connectivity index (χ0) is 15.6. The van der Waals surface area contributed by atoms with Gasteiger partial charge in [-0.25, -0.2) is 0 Å². The highest BCUT2D eigenvalue weighted by atomic mass is 16.6. The Balaban J connectivity index is 2.99. The van der Waals surface area contributed by atoms with Crippen LogP contribution in [0.3, 0.4) is 0 Å². The fourth-order valence-corrected chi connectivity index (χ4v) is 1.15. The number of nitrogens with two attached hydrogens (primary N) is 1. The smallest absolute Gasteiger partial charge is 0.311 e. The molecule has 0 radical (unpaired) electrons. The summed E-state index contributed by atoms with van der Waals surface area (Å²) < 4.78 is 25.7. The molecule has 21 heavy (non-hydrogen) atoms. The first kappa shape index (κ1) is 20.0. The minimum atomic E-state index is -0.827. The van der Waals surface area contributed by atoms with Gasteiger partial charge >= 0.3 is 5.91 Å². The summed E-state index contributed by atoms with van der Waals surface area (Å²) in [5, 5.41) is 2.19. The van der Waals surface area contributed by atoms with E-state index < -0.39 is 5.91 Å². The van der Waals surface area contributed by atoms with Crippen molar-refractivity contribution in [2.24, 2.45) is 10.9 Å². The second-order valence-corrected chi connectivity index (χ2v) is 3.78. The van der Waals surface area contributed by atoms with Gasteiger partial charge in [-0.3, -0.25) is 4.79 Å². The van der Waals surface area contributed by atoms with Gasteiger partial charge in [0.1, 0.15) is 6.61 Å². The van der Waals surface area contributed by atoms with Crippen molar-refractivity contribution < 1.29 is 28.5 Å². The van der Waals surface area contributed by atoms with Gasteiger partial charge in [0.25, 0.3) is 0 Å². The quantitative estimate of drug-likeness (QED) is 0.294. The van der Waals surface area contributed by atoms with E-state index in [1.807, 2.05) is 0 Å². The highest BCUT2D eigenvalue weighted by Gasteiger charge is 1.99. The Morgan fingerprint density at radius 3 is 1.48 bits per heavy atom. The number of nitroso groups, excluding NO2 is 1. The van der Waals surface area contributed by atoms with Crippen LogP contribution in [0.25, 0.3) is 0 Å². The van der Waals surface area contributed by atoms with E-state index in [0.29, 0.717) is 59.4 Å². The van der Waals surface area contributed by atoms with E-state index in [0.717, 1.165) is 0 Å². The number of amides is 1. The lowest BCUT2D eigenvalue weighted by molar-refractivity contribution is -0.123. The van der Waals surface area contributed by atoms with Gasteiger partial charge in [-0.05, 0) is 0 Å². The second kappa shape index (κ2) is 17.1. The summed E-state index contributed by atoms with van der Waals surface area (Å²) in [4.78, 5) is 20.2. The molecule has 0 saturated carbocycles. The Hall–Kier alpha value is -0.970. The Morgan fingerprint density at radius 2 is 1.10 bits per heavy atom. The van der Waals surface area contributed by atoms with Crippen molar-refractivity contribution in [3.8, 4) is 0 Å². The fraction of sp³-hybridized carbons (Fsp3) is 0.917. The monoisotopic (exact) mass is 308 g/mol. The molecule has 0 rings (SSSR count). The minimum absolute atomic E-state index is 0.229.